The number of nitrogens with two attached hydrogens (primary N) is 1. The van der Waals surface area contributed by atoms with E-state index in [1.54, 1.807) is 12.4 Å². The van der Waals surface area contributed by atoms with Gasteiger partial charge in [-0.15, -0.1) is 0 Å². The minimum atomic E-state index is 0.102. The molecule has 3 N–H and O–H groups in total. The number of H-pyrrole nitrogens is 1. The van der Waals surface area contributed by atoms with Crippen molar-refractivity contribution in [3.05, 3.63) is 54.9 Å². The summed E-state index contributed by atoms with van der Waals surface area (Å²) in [6.07, 6.45) is 5.35. The van der Waals surface area contributed by atoms with Crippen molar-refractivity contribution >= 4 is 16.6 Å². The molecule has 0 saturated carbocycles. The molecule has 29 heavy (non-hydrogen) atoms. The normalized spacial score (nSPS) is 14.9. The van der Waals surface area contributed by atoms with Crippen LogP contribution >= 0.6 is 0 Å². The monoisotopic (exact) mass is 387 g/mol. The molecule has 7 heteroatoms. The van der Waals surface area contributed by atoms with Crippen LogP contribution in [0.3, 0.4) is 0 Å². The lowest BCUT2D eigenvalue weighted by molar-refractivity contribution is 0.0244. The van der Waals surface area contributed by atoms with Gasteiger partial charge in [-0.25, -0.2) is 4.98 Å². The molecule has 1 aromatic carbocycles. The van der Waals surface area contributed by atoms with Gasteiger partial charge in [0, 0.05) is 42.0 Å². The lowest BCUT2D eigenvalue weighted by Gasteiger charge is -2.23. The third kappa shape index (κ3) is 3.52. The third-order valence-electron chi connectivity index (χ3n) is 5.10. The number of pyridine rings is 2. The number of nitrogens with one attached hydrogen (secondary N) is 1. The van der Waals surface area contributed by atoms with E-state index in [1.807, 2.05) is 42.5 Å². The van der Waals surface area contributed by atoms with Crippen LogP contribution in [0.1, 0.15) is 12.8 Å². The van der Waals surface area contributed by atoms with Crippen molar-refractivity contribution in [2.24, 2.45) is 0 Å². The SMILES string of the molecule is Nc1cccc(-c2cc(-c3n[nH]c4ccnc(OC5CCOCC5)c34)ccn2)c1. The summed E-state index contributed by atoms with van der Waals surface area (Å²) in [6.45, 7) is 1.43. The molecule has 0 radical (unpaired) electrons. The number of rotatable bonds is 4. The minimum Gasteiger partial charge on any atom is -0.474 e. The van der Waals surface area contributed by atoms with Gasteiger partial charge in [0.2, 0.25) is 5.88 Å². The second-order valence-corrected chi connectivity index (χ2v) is 7.10. The average Bonchev–Trinajstić information content (AvgIpc) is 3.20. The molecule has 0 aliphatic carbocycles. The number of aromatic nitrogens is 4. The predicted octanol–water partition coefficient (Wildman–Crippen LogP) is 3.83. The predicted molar refractivity (Wildman–Crippen MR) is 111 cm³/mol. The zero-order chi connectivity index (χ0) is 19.6. The highest BCUT2D eigenvalue weighted by Crippen LogP contribution is 2.34. The Balaban J connectivity index is 1.56. The van der Waals surface area contributed by atoms with Crippen LogP contribution in [0.4, 0.5) is 5.69 Å². The van der Waals surface area contributed by atoms with E-state index in [0.29, 0.717) is 24.8 Å². The summed E-state index contributed by atoms with van der Waals surface area (Å²) in [7, 11) is 0. The van der Waals surface area contributed by atoms with E-state index >= 15 is 0 Å². The maximum atomic E-state index is 6.24. The van der Waals surface area contributed by atoms with Gasteiger partial charge in [-0.3, -0.25) is 10.1 Å². The molecule has 5 rings (SSSR count). The Labute approximate surface area is 167 Å². The van der Waals surface area contributed by atoms with Crippen LogP contribution in [0.2, 0.25) is 0 Å². The van der Waals surface area contributed by atoms with Crippen molar-refractivity contribution in [3.63, 3.8) is 0 Å². The quantitative estimate of drug-likeness (QED) is 0.517. The van der Waals surface area contributed by atoms with E-state index in [0.717, 1.165) is 46.3 Å². The van der Waals surface area contributed by atoms with Gasteiger partial charge < -0.3 is 15.2 Å². The molecule has 1 saturated heterocycles. The largest absolute Gasteiger partial charge is 0.474 e. The lowest BCUT2D eigenvalue weighted by atomic mass is 10.1. The van der Waals surface area contributed by atoms with Gasteiger partial charge >= 0.3 is 0 Å². The Bertz CT molecular complexity index is 1150. The van der Waals surface area contributed by atoms with E-state index in [-0.39, 0.29) is 6.10 Å². The molecule has 146 valence electrons. The minimum absolute atomic E-state index is 0.102. The number of hydrogen-bond donors (Lipinski definition) is 2. The molecule has 4 heterocycles. The van der Waals surface area contributed by atoms with Gasteiger partial charge in [-0.05, 0) is 30.3 Å². The first-order chi connectivity index (χ1) is 14.3. The second-order valence-electron chi connectivity index (χ2n) is 7.10. The zero-order valence-electron chi connectivity index (χ0n) is 15.8. The lowest BCUT2D eigenvalue weighted by Crippen LogP contribution is -2.26. The fourth-order valence-electron chi connectivity index (χ4n) is 3.62. The molecule has 0 spiro atoms. The Kier molecular flexibility index (Phi) is 4.57. The first-order valence-electron chi connectivity index (χ1n) is 9.68. The Morgan fingerprint density at radius 1 is 1.00 bits per heavy atom. The van der Waals surface area contributed by atoms with Crippen molar-refractivity contribution in [3.8, 4) is 28.4 Å². The summed E-state index contributed by atoms with van der Waals surface area (Å²) < 4.78 is 11.7. The standard InChI is InChI=1S/C22H21N5O2/c23-16-3-1-2-14(12-16)19-13-15(4-8-24-19)21-20-18(26-27-21)5-9-25-22(20)29-17-6-10-28-11-7-17/h1-5,8-9,12-13,17H,6-7,10-11,23H2,(H,26,27). The van der Waals surface area contributed by atoms with Gasteiger partial charge in [-0.1, -0.05) is 12.1 Å². The van der Waals surface area contributed by atoms with Crippen LogP contribution in [0.5, 0.6) is 5.88 Å². The van der Waals surface area contributed by atoms with Crippen molar-refractivity contribution in [2.75, 3.05) is 18.9 Å². The highest BCUT2D eigenvalue weighted by Gasteiger charge is 2.20. The topological polar surface area (TPSA) is 98.9 Å². The maximum Gasteiger partial charge on any atom is 0.225 e. The van der Waals surface area contributed by atoms with Crippen LogP contribution in [0.25, 0.3) is 33.4 Å². The summed E-state index contributed by atoms with van der Waals surface area (Å²) in [5, 5.41) is 8.53. The summed E-state index contributed by atoms with van der Waals surface area (Å²) in [5.74, 6) is 0.598. The van der Waals surface area contributed by atoms with E-state index in [4.69, 9.17) is 15.2 Å². The van der Waals surface area contributed by atoms with Gasteiger partial charge in [0.05, 0.1) is 29.8 Å². The van der Waals surface area contributed by atoms with Gasteiger partial charge in [0.1, 0.15) is 11.8 Å². The molecule has 3 aromatic heterocycles. The molecule has 0 bridgehead atoms. The van der Waals surface area contributed by atoms with Crippen LogP contribution in [-0.4, -0.2) is 39.5 Å². The highest BCUT2D eigenvalue weighted by molar-refractivity contribution is 5.96. The van der Waals surface area contributed by atoms with Crippen LogP contribution < -0.4 is 10.5 Å². The first kappa shape index (κ1) is 17.6. The number of ether oxygens (including phenoxy) is 2. The zero-order valence-corrected chi connectivity index (χ0v) is 15.8. The van der Waals surface area contributed by atoms with Crippen LogP contribution in [0.15, 0.2) is 54.9 Å². The smallest absolute Gasteiger partial charge is 0.225 e. The number of fused-ring (bicyclic) bond motifs is 1. The fraction of sp³-hybridized carbons (Fsp3) is 0.227. The molecule has 4 aromatic rings. The number of nitrogen functional groups attached to an aromatic ring is 1. The first-order valence-corrected chi connectivity index (χ1v) is 9.68. The van der Waals surface area contributed by atoms with Crippen molar-refractivity contribution < 1.29 is 9.47 Å². The van der Waals surface area contributed by atoms with Gasteiger partial charge in [0.15, 0.2) is 0 Å². The molecule has 1 fully saturated rings. The molecular weight excluding hydrogens is 366 g/mol. The highest BCUT2D eigenvalue weighted by atomic mass is 16.5. The fourth-order valence-corrected chi connectivity index (χ4v) is 3.62. The second kappa shape index (κ2) is 7.52. The van der Waals surface area contributed by atoms with E-state index in [9.17, 15) is 0 Å². The van der Waals surface area contributed by atoms with Crippen molar-refractivity contribution in [2.45, 2.75) is 18.9 Å². The molecular formula is C22H21N5O2. The molecule has 1 aliphatic rings. The van der Waals surface area contributed by atoms with Crippen LogP contribution in [0, 0.1) is 0 Å². The molecule has 1 aliphatic heterocycles. The molecule has 0 unspecified atom stereocenters. The van der Waals surface area contributed by atoms with E-state index in [1.165, 1.54) is 0 Å². The van der Waals surface area contributed by atoms with Crippen LogP contribution in [-0.2, 0) is 4.74 Å². The molecule has 0 atom stereocenters. The third-order valence-corrected chi connectivity index (χ3v) is 5.10. The Morgan fingerprint density at radius 2 is 1.86 bits per heavy atom. The van der Waals surface area contributed by atoms with E-state index in [2.05, 4.69) is 20.2 Å². The number of anilines is 1. The Morgan fingerprint density at radius 3 is 2.72 bits per heavy atom. The number of nitrogens with zero attached hydrogens (tertiary/aromatic N) is 3. The van der Waals surface area contributed by atoms with Gasteiger partial charge in [-0.2, -0.15) is 5.10 Å². The van der Waals surface area contributed by atoms with Crippen molar-refractivity contribution in [1.29, 1.82) is 0 Å². The van der Waals surface area contributed by atoms with Crippen molar-refractivity contribution in [1.82, 2.24) is 20.2 Å². The maximum absolute atomic E-state index is 6.24. The molecule has 0 amide bonds. The Hall–Kier alpha value is -3.45. The average molecular weight is 387 g/mol. The number of hydrogen-bond acceptors (Lipinski definition) is 6. The summed E-state index contributed by atoms with van der Waals surface area (Å²) in [6, 6.07) is 13.5. The summed E-state index contributed by atoms with van der Waals surface area (Å²) in [4.78, 5) is 9.00. The summed E-state index contributed by atoms with van der Waals surface area (Å²) >= 11 is 0. The molecule has 7 nitrogen and oxygen atoms in total. The number of aromatic amines is 1. The van der Waals surface area contributed by atoms with E-state index < -0.39 is 0 Å². The van der Waals surface area contributed by atoms with Gasteiger partial charge in [0.25, 0.3) is 0 Å². The summed E-state index contributed by atoms with van der Waals surface area (Å²) in [5.41, 5.74) is 11.1. The number of benzene rings is 1.